The van der Waals surface area contributed by atoms with E-state index in [1.807, 2.05) is 0 Å². The van der Waals surface area contributed by atoms with Gasteiger partial charge in [0.05, 0.1) is 32.5 Å². The van der Waals surface area contributed by atoms with Gasteiger partial charge in [-0.3, -0.25) is 0 Å². The van der Waals surface area contributed by atoms with Crippen molar-refractivity contribution in [2.45, 2.75) is 0 Å². The molecule has 0 spiro atoms. The summed E-state index contributed by atoms with van der Waals surface area (Å²) in [6.07, 6.45) is 2.56. The Labute approximate surface area is 175 Å². The molecule has 9 nitrogen and oxygen atoms in total. The number of aliphatic carboxylic acids is 2. The molecular formula is C22H18O9. The molecule has 0 saturated carbocycles. The molecule has 9 heteroatoms. The number of rotatable bonds is 5. The molecule has 1 aliphatic heterocycles. The van der Waals surface area contributed by atoms with Crippen molar-refractivity contribution in [1.82, 2.24) is 0 Å². The van der Waals surface area contributed by atoms with Crippen LogP contribution in [0.4, 0.5) is 0 Å². The lowest BCUT2D eigenvalue weighted by atomic mass is 9.99. The summed E-state index contributed by atoms with van der Waals surface area (Å²) in [6, 6.07) is 4.87. The van der Waals surface area contributed by atoms with Crippen LogP contribution in [0.1, 0.15) is 0 Å². The van der Waals surface area contributed by atoms with Crippen LogP contribution in [0.5, 0.6) is 28.7 Å². The second-order valence-corrected chi connectivity index (χ2v) is 6.63. The number of benzene rings is 2. The van der Waals surface area contributed by atoms with Crippen molar-refractivity contribution in [2.24, 2.45) is 0 Å². The average molecular weight is 426 g/mol. The Balaban J connectivity index is 2.38. The molecule has 0 aromatic heterocycles. The maximum atomic E-state index is 12.0. The second kappa shape index (κ2) is 7.60. The van der Waals surface area contributed by atoms with Gasteiger partial charge in [0.25, 0.3) is 0 Å². The molecule has 0 saturated heterocycles. The fourth-order valence-electron chi connectivity index (χ4n) is 3.68. The van der Waals surface area contributed by atoms with Crippen molar-refractivity contribution in [3.8, 4) is 28.7 Å². The van der Waals surface area contributed by atoms with Gasteiger partial charge in [-0.2, -0.15) is 0 Å². The number of carboxylic acid groups (broad SMARTS) is 2. The minimum Gasteiger partial charge on any atom is -0.493 e. The van der Waals surface area contributed by atoms with Crippen LogP contribution >= 0.6 is 0 Å². The van der Waals surface area contributed by atoms with Gasteiger partial charge in [0, 0.05) is 5.22 Å². The zero-order chi connectivity index (χ0) is 22.3. The predicted molar refractivity (Wildman–Crippen MR) is 107 cm³/mol. The lowest BCUT2D eigenvalue weighted by Gasteiger charge is -2.14. The number of hydrogen-bond acceptors (Lipinski definition) is 7. The second-order valence-electron chi connectivity index (χ2n) is 6.63. The van der Waals surface area contributed by atoms with Gasteiger partial charge >= 0.3 is 11.9 Å². The van der Waals surface area contributed by atoms with E-state index in [0.717, 1.165) is 0 Å². The monoisotopic (exact) mass is 426 g/mol. The van der Waals surface area contributed by atoms with Crippen molar-refractivity contribution in [2.75, 3.05) is 28.1 Å². The van der Waals surface area contributed by atoms with E-state index in [9.17, 15) is 19.8 Å². The number of hydrogen-bond donors (Lipinski definition) is 2. The largest absolute Gasteiger partial charge is 0.493 e. The van der Waals surface area contributed by atoms with Gasteiger partial charge in [-0.15, -0.1) is 0 Å². The minimum absolute atomic E-state index is 0.0162. The molecular weight excluding hydrogens is 408 g/mol. The molecule has 4 rings (SSSR count). The number of methoxy groups -OCH3 is 3. The van der Waals surface area contributed by atoms with Gasteiger partial charge in [0.1, 0.15) is 0 Å². The molecule has 0 atom stereocenters. The number of carboxylic acids is 2. The Bertz CT molecular complexity index is 1370. The molecule has 0 radical (unpaired) electrons. The SMILES string of the molecule is COc1cc2/c(c(OC)c1OC)=c1/cc3c(c/c1=C/C(C(=O)O)=C(C(=O)O)\C=2)OCO3. The first kappa shape index (κ1) is 20.1. The van der Waals surface area contributed by atoms with Crippen LogP contribution in [-0.4, -0.2) is 50.3 Å². The smallest absolute Gasteiger partial charge is 0.336 e. The third-order valence-electron chi connectivity index (χ3n) is 5.03. The Hall–Kier alpha value is -4.14. The van der Waals surface area contributed by atoms with E-state index in [0.29, 0.717) is 49.6 Å². The highest BCUT2D eigenvalue weighted by Gasteiger charge is 2.22. The maximum Gasteiger partial charge on any atom is 0.336 e. The lowest BCUT2D eigenvalue weighted by molar-refractivity contribution is -0.135. The van der Waals surface area contributed by atoms with Crippen LogP contribution in [0.3, 0.4) is 0 Å². The Morgan fingerprint density at radius 1 is 0.806 bits per heavy atom. The zero-order valence-electron chi connectivity index (χ0n) is 16.8. The van der Waals surface area contributed by atoms with Gasteiger partial charge in [-0.05, 0) is 46.0 Å². The summed E-state index contributed by atoms with van der Waals surface area (Å²) in [6.45, 7) is 0.0162. The van der Waals surface area contributed by atoms with Crippen molar-refractivity contribution in [1.29, 1.82) is 0 Å². The van der Waals surface area contributed by atoms with E-state index in [2.05, 4.69) is 0 Å². The number of fused-ring (bicyclic) bond motifs is 3. The van der Waals surface area contributed by atoms with E-state index in [1.165, 1.54) is 33.5 Å². The lowest BCUT2D eigenvalue weighted by Crippen LogP contribution is -2.19. The molecule has 2 N–H and O–H groups in total. The average Bonchev–Trinajstić information content (AvgIpc) is 3.19. The van der Waals surface area contributed by atoms with E-state index in [4.69, 9.17) is 23.7 Å². The third-order valence-corrected chi connectivity index (χ3v) is 5.03. The molecule has 31 heavy (non-hydrogen) atoms. The summed E-state index contributed by atoms with van der Waals surface area (Å²) < 4.78 is 27.4. The Morgan fingerprint density at radius 3 is 1.94 bits per heavy atom. The van der Waals surface area contributed by atoms with E-state index in [-0.39, 0.29) is 12.4 Å². The standard InChI is InChI=1S/C22H18O9/c1-27-17-7-11-5-14(22(25)26)13(21(23)24)4-10-6-15-16(31-9-30-15)8-12(10)18(11)20(29-3)19(17)28-2/h4-8H,9H2,1-3H3,(H,23,24)(H,25,26)/b10-4-,11-5-,13-4?,14-5?,14-13-,18-12+. The normalized spacial score (nSPS) is 19.3. The number of carbonyl (C=O) groups is 2. The van der Waals surface area contributed by atoms with E-state index in [1.54, 1.807) is 18.2 Å². The van der Waals surface area contributed by atoms with Crippen molar-refractivity contribution < 1.29 is 43.5 Å². The maximum absolute atomic E-state index is 12.0. The highest BCUT2D eigenvalue weighted by Crippen LogP contribution is 2.37. The third kappa shape index (κ3) is 3.20. The molecule has 0 fully saturated rings. The Morgan fingerprint density at radius 2 is 1.39 bits per heavy atom. The van der Waals surface area contributed by atoms with E-state index < -0.39 is 17.5 Å². The van der Waals surface area contributed by atoms with Crippen molar-refractivity contribution >= 4 is 24.1 Å². The van der Waals surface area contributed by atoms with Crippen LogP contribution < -0.4 is 34.1 Å². The highest BCUT2D eigenvalue weighted by molar-refractivity contribution is 6.10. The van der Waals surface area contributed by atoms with Gasteiger partial charge in [-0.1, -0.05) is 0 Å². The van der Waals surface area contributed by atoms with Crippen molar-refractivity contribution in [3.05, 3.63) is 50.2 Å². The quantitative estimate of drug-likeness (QED) is 0.714. The van der Waals surface area contributed by atoms with Crippen molar-refractivity contribution in [3.63, 3.8) is 0 Å². The number of ether oxygens (including phenoxy) is 5. The van der Waals surface area contributed by atoms with Gasteiger partial charge in [0.2, 0.25) is 12.5 Å². The molecule has 0 amide bonds. The van der Waals surface area contributed by atoms with Gasteiger partial charge < -0.3 is 33.9 Å². The van der Waals surface area contributed by atoms with Crippen LogP contribution in [-0.2, 0) is 9.59 Å². The van der Waals surface area contributed by atoms with E-state index >= 15 is 0 Å². The van der Waals surface area contributed by atoms with Crippen LogP contribution in [0.15, 0.2) is 29.3 Å². The minimum atomic E-state index is -1.39. The molecule has 2 aromatic carbocycles. The summed E-state index contributed by atoms with van der Waals surface area (Å²) in [5.74, 6) is -0.990. The summed E-state index contributed by atoms with van der Waals surface area (Å²) in [7, 11) is 4.34. The first-order valence-electron chi connectivity index (χ1n) is 9.06. The Kier molecular flexibility index (Phi) is 4.94. The summed E-state index contributed by atoms with van der Waals surface area (Å²) in [5, 5.41) is 21.3. The zero-order valence-corrected chi connectivity index (χ0v) is 16.8. The van der Waals surface area contributed by atoms with Crippen LogP contribution in [0.25, 0.3) is 12.2 Å². The highest BCUT2D eigenvalue weighted by atomic mass is 16.7. The summed E-state index contributed by atoms with van der Waals surface area (Å²) in [5.41, 5.74) is -0.779. The molecule has 1 heterocycles. The molecule has 0 bridgehead atoms. The predicted octanol–water partition coefficient (Wildman–Crippen LogP) is 0.768. The fraction of sp³-hybridized carbons (Fsp3) is 0.182. The summed E-state index contributed by atoms with van der Waals surface area (Å²) in [4.78, 5) is 23.9. The molecule has 2 aromatic rings. The molecule has 0 unspecified atom stereocenters. The van der Waals surface area contributed by atoms with Gasteiger partial charge in [-0.25, -0.2) is 9.59 Å². The molecule has 1 aliphatic carbocycles. The summed E-state index contributed by atoms with van der Waals surface area (Å²) >= 11 is 0. The van der Waals surface area contributed by atoms with Crippen LogP contribution in [0.2, 0.25) is 0 Å². The first-order chi connectivity index (χ1) is 14.9. The first-order valence-corrected chi connectivity index (χ1v) is 9.06. The van der Waals surface area contributed by atoms with Crippen LogP contribution in [0, 0.1) is 10.4 Å². The molecule has 160 valence electrons. The van der Waals surface area contributed by atoms with Gasteiger partial charge in [0.15, 0.2) is 23.0 Å². The fourth-order valence-corrected chi connectivity index (χ4v) is 3.68. The topological polar surface area (TPSA) is 121 Å². The molecule has 2 aliphatic rings.